The minimum Gasteiger partial charge on any atom is -0.285 e. The smallest absolute Gasteiger partial charge is 0.285 e. The predicted octanol–water partition coefficient (Wildman–Crippen LogP) is 0.600. The zero-order valence-electron chi connectivity index (χ0n) is 15.9. The van der Waals surface area contributed by atoms with E-state index in [1.165, 1.54) is 0 Å². The number of rotatable bonds is 6. The Morgan fingerprint density at radius 3 is 1.03 bits per heavy atom. The van der Waals surface area contributed by atoms with E-state index in [2.05, 4.69) is 0 Å². The quantitative estimate of drug-likeness (QED) is 0.222. The number of sulfone groups is 1. The van der Waals surface area contributed by atoms with Crippen molar-refractivity contribution in [3.8, 4) is 0 Å². The molecule has 0 aromatic heterocycles. The molecule has 0 bridgehead atoms. The van der Waals surface area contributed by atoms with Gasteiger partial charge in [0.1, 0.15) is 9.81 Å². The van der Waals surface area contributed by atoms with Crippen LogP contribution in [-0.4, -0.2) is 79.5 Å². The lowest BCUT2D eigenvalue weighted by Gasteiger charge is -2.32. The van der Waals surface area contributed by atoms with Crippen LogP contribution in [0.5, 0.6) is 0 Å². The van der Waals surface area contributed by atoms with Crippen LogP contribution in [0.15, 0.2) is 43.9 Å². The first-order valence-corrected chi connectivity index (χ1v) is 16.8. The van der Waals surface area contributed by atoms with Crippen molar-refractivity contribution in [1.82, 2.24) is 0 Å². The fraction of sp³-hybridized carbons (Fsp3) is 0.333. The molecule has 0 saturated heterocycles. The van der Waals surface area contributed by atoms with Gasteiger partial charge in [0.15, 0.2) is 19.2 Å². The van der Waals surface area contributed by atoms with Gasteiger partial charge in [0, 0.05) is 0 Å². The first kappa shape index (κ1) is 30.9. The zero-order chi connectivity index (χ0) is 27.8. The lowest BCUT2D eigenvalue weighted by molar-refractivity contribution is 0.463. The largest absolute Gasteiger partial charge is 0.293 e. The maximum absolute atomic E-state index is 13.3. The molecular formula is C12H10Cl4O14S5. The predicted molar refractivity (Wildman–Crippen MR) is 124 cm³/mol. The van der Waals surface area contributed by atoms with Crippen LogP contribution in [0.25, 0.3) is 0 Å². The molecule has 35 heavy (non-hydrogen) atoms. The van der Waals surface area contributed by atoms with Crippen LogP contribution in [0.3, 0.4) is 0 Å². The van der Waals surface area contributed by atoms with Gasteiger partial charge >= 0.3 is 0 Å². The van der Waals surface area contributed by atoms with E-state index in [1.54, 1.807) is 0 Å². The molecule has 0 amide bonds. The molecule has 0 fully saturated rings. The van der Waals surface area contributed by atoms with Crippen molar-refractivity contribution in [2.75, 3.05) is 0 Å². The highest BCUT2D eigenvalue weighted by Gasteiger charge is 2.56. The van der Waals surface area contributed by atoms with Gasteiger partial charge in [-0.2, -0.15) is 33.7 Å². The molecule has 2 rings (SSSR count). The summed E-state index contributed by atoms with van der Waals surface area (Å²) in [6, 6.07) is 0. The van der Waals surface area contributed by atoms with E-state index in [0.29, 0.717) is 12.2 Å². The monoisotopic (exact) mass is 678 g/mol. The highest BCUT2D eigenvalue weighted by atomic mass is 35.5. The summed E-state index contributed by atoms with van der Waals surface area (Å²) in [6.45, 7) is 0. The SMILES string of the molecule is O=S(=O)(O)C1=C(S(=O)(=O)C2=C(S(=O)(=O)O)C(S(=O)(=O)O)C(Cl)(Cl)C=C2)C=CC(Cl)(Cl)C1S(=O)(=O)O. The first-order chi connectivity index (χ1) is 15.2. The summed E-state index contributed by atoms with van der Waals surface area (Å²) in [5.74, 6) is 0. The second kappa shape index (κ2) is 8.89. The molecular weight excluding hydrogens is 670 g/mol. The third-order valence-corrected chi connectivity index (χ3v) is 13.1. The van der Waals surface area contributed by atoms with E-state index < -0.39 is 89.1 Å². The van der Waals surface area contributed by atoms with Gasteiger partial charge in [0.05, 0.1) is 9.81 Å². The van der Waals surface area contributed by atoms with E-state index in [4.69, 9.17) is 46.4 Å². The Kier molecular flexibility index (Phi) is 7.85. The summed E-state index contributed by atoms with van der Waals surface area (Å²) in [5.41, 5.74) is 0. The summed E-state index contributed by atoms with van der Waals surface area (Å²) >= 11 is 22.7. The number of alkyl halides is 4. The van der Waals surface area contributed by atoms with Gasteiger partial charge in [0.2, 0.25) is 9.84 Å². The number of hydrogen-bond acceptors (Lipinski definition) is 10. The molecule has 0 aromatic carbocycles. The van der Waals surface area contributed by atoms with Crippen molar-refractivity contribution < 1.29 is 60.3 Å². The van der Waals surface area contributed by atoms with E-state index >= 15 is 0 Å². The van der Waals surface area contributed by atoms with E-state index in [-0.39, 0.29) is 12.2 Å². The van der Waals surface area contributed by atoms with Crippen LogP contribution in [-0.2, 0) is 50.3 Å². The van der Waals surface area contributed by atoms with Gasteiger partial charge in [0.25, 0.3) is 40.5 Å². The van der Waals surface area contributed by atoms with Gasteiger partial charge in [-0.3, -0.25) is 18.2 Å². The summed E-state index contributed by atoms with van der Waals surface area (Å²) in [6.07, 6.45) is 1.02. The lowest BCUT2D eigenvalue weighted by Crippen LogP contribution is -2.45. The Balaban J connectivity index is 3.20. The van der Waals surface area contributed by atoms with Crippen LogP contribution in [0.1, 0.15) is 0 Å². The third-order valence-electron chi connectivity index (χ3n) is 4.31. The molecule has 0 spiro atoms. The molecule has 0 aromatic rings. The van der Waals surface area contributed by atoms with Crippen LogP contribution < -0.4 is 0 Å². The van der Waals surface area contributed by atoms with Crippen molar-refractivity contribution in [3.05, 3.63) is 43.9 Å². The maximum Gasteiger partial charge on any atom is 0.293 e. The molecule has 0 radical (unpaired) electrons. The maximum atomic E-state index is 13.3. The Labute approximate surface area is 218 Å². The second-order valence-electron chi connectivity index (χ2n) is 6.72. The Bertz CT molecular complexity index is 1530. The van der Waals surface area contributed by atoms with E-state index in [1.807, 2.05) is 0 Å². The minimum atomic E-state index is -5.96. The number of halogens is 4. The minimum absolute atomic E-state index is 0.189. The van der Waals surface area contributed by atoms with Crippen LogP contribution in [0.4, 0.5) is 0 Å². The molecule has 2 aliphatic rings. The van der Waals surface area contributed by atoms with Crippen molar-refractivity contribution >= 4 is 96.7 Å². The van der Waals surface area contributed by atoms with Crippen LogP contribution >= 0.6 is 46.4 Å². The Morgan fingerprint density at radius 2 is 0.829 bits per heavy atom. The van der Waals surface area contributed by atoms with Crippen LogP contribution in [0.2, 0.25) is 0 Å². The molecule has 2 aliphatic carbocycles. The molecule has 23 heteroatoms. The van der Waals surface area contributed by atoms with Crippen LogP contribution in [0, 0.1) is 0 Å². The van der Waals surface area contributed by atoms with Crippen molar-refractivity contribution in [1.29, 1.82) is 0 Å². The topological polar surface area (TPSA) is 252 Å². The summed E-state index contributed by atoms with van der Waals surface area (Å²) in [7, 11) is -29.2. The number of allylic oxidation sites excluding steroid dienone is 4. The molecule has 0 saturated carbocycles. The van der Waals surface area contributed by atoms with E-state index in [0.717, 1.165) is 0 Å². The van der Waals surface area contributed by atoms with Gasteiger partial charge in [-0.05, 0) is 24.3 Å². The summed E-state index contributed by atoms with van der Waals surface area (Å²) in [5, 5.41) is -6.22. The van der Waals surface area contributed by atoms with E-state index in [9.17, 15) is 60.3 Å². The molecule has 4 N–H and O–H groups in total. The molecule has 14 nitrogen and oxygen atoms in total. The zero-order valence-corrected chi connectivity index (χ0v) is 23.0. The number of hydrogen-bond donors (Lipinski definition) is 4. The standard InChI is InChI=1S/C12H10Cl4O14S5/c13-11(14)3-1-5(7(32(19,20)21)9(11)34(25,26)27)31(17,18)6-2-4-12(15,16)10(35(28,29)30)8(6)33(22,23)24/h1-4,9-10H,(H,19,20,21)(H,22,23,24)(H,25,26,27)(H,28,29,30). The van der Waals surface area contributed by atoms with Crippen molar-refractivity contribution in [3.63, 3.8) is 0 Å². The third kappa shape index (κ3) is 5.91. The Morgan fingerprint density at radius 1 is 0.571 bits per heavy atom. The van der Waals surface area contributed by atoms with Crippen molar-refractivity contribution in [2.45, 2.75) is 19.2 Å². The second-order valence-corrected chi connectivity index (χ2v) is 17.3. The lowest BCUT2D eigenvalue weighted by atomic mass is 10.1. The normalized spacial score (nSPS) is 25.7. The van der Waals surface area contributed by atoms with Crippen molar-refractivity contribution in [2.24, 2.45) is 0 Å². The average molecular weight is 680 g/mol. The first-order valence-electron chi connectivity index (χ1n) is 7.92. The molecule has 2 unspecified atom stereocenters. The highest BCUT2D eigenvalue weighted by Crippen LogP contribution is 2.48. The van der Waals surface area contributed by atoms with Gasteiger partial charge < -0.3 is 0 Å². The Hall–Kier alpha value is -0.290. The highest BCUT2D eigenvalue weighted by molar-refractivity contribution is 8.02. The van der Waals surface area contributed by atoms with Gasteiger partial charge in [-0.15, -0.1) is 0 Å². The molecule has 0 aliphatic heterocycles. The fourth-order valence-corrected chi connectivity index (χ4v) is 13.1. The fourth-order valence-electron chi connectivity index (χ4n) is 3.08. The summed E-state index contributed by atoms with van der Waals surface area (Å²) in [4.78, 5) is -7.68. The molecule has 0 heterocycles. The average Bonchev–Trinajstić information content (AvgIpc) is 2.55. The van der Waals surface area contributed by atoms with Gasteiger partial charge in [-0.1, -0.05) is 46.4 Å². The van der Waals surface area contributed by atoms with Gasteiger partial charge in [-0.25, -0.2) is 8.42 Å². The molecule has 2 atom stereocenters. The molecule has 200 valence electrons. The summed E-state index contributed by atoms with van der Waals surface area (Å²) < 4.78 is 154.